The van der Waals surface area contributed by atoms with Crippen molar-refractivity contribution in [2.24, 2.45) is 0 Å². The lowest BCUT2D eigenvalue weighted by molar-refractivity contribution is -0.143. The average Bonchev–Trinajstić information content (AvgIpc) is 2.89. The number of allylic oxidation sites excluding steroid dienone is 4. The van der Waals surface area contributed by atoms with Gasteiger partial charge in [0.15, 0.2) is 11.5 Å². The Hall–Kier alpha value is -2.79. The van der Waals surface area contributed by atoms with Gasteiger partial charge in [-0.25, -0.2) is 4.79 Å². The number of hydrogen-bond donors (Lipinski definition) is 0. The van der Waals surface area contributed by atoms with Crippen LogP contribution in [-0.4, -0.2) is 43.8 Å². The topological polar surface area (TPSA) is 48.0 Å². The highest BCUT2D eigenvalue weighted by molar-refractivity contribution is 5.92. The van der Waals surface area contributed by atoms with Crippen molar-refractivity contribution in [1.82, 2.24) is 4.90 Å². The molecule has 1 spiro atoms. The maximum Gasteiger partial charge on any atom is 0.338 e. The van der Waals surface area contributed by atoms with Crippen LogP contribution in [0, 0.1) is 0 Å². The predicted octanol–water partition coefficient (Wildman–Crippen LogP) is 3.84. The molecule has 0 N–H and O–H groups in total. The molecule has 0 saturated carbocycles. The fourth-order valence-electron chi connectivity index (χ4n) is 5.07. The van der Waals surface area contributed by atoms with Gasteiger partial charge in [0.2, 0.25) is 0 Å². The van der Waals surface area contributed by atoms with Crippen LogP contribution >= 0.6 is 0 Å². The monoisotopic (exact) mass is 405 g/mol. The Morgan fingerprint density at radius 3 is 3.07 bits per heavy atom. The number of rotatable bonds is 3. The molecule has 1 aromatic carbocycles. The smallest absolute Gasteiger partial charge is 0.338 e. The van der Waals surface area contributed by atoms with E-state index in [0.717, 1.165) is 37.4 Å². The fraction of sp³-hybridized carbons (Fsp3) is 0.400. The van der Waals surface area contributed by atoms with Crippen LogP contribution in [0.2, 0.25) is 0 Å². The van der Waals surface area contributed by atoms with Crippen LogP contribution in [0.3, 0.4) is 0 Å². The van der Waals surface area contributed by atoms with Crippen LogP contribution in [0.5, 0.6) is 11.5 Å². The van der Waals surface area contributed by atoms with Gasteiger partial charge in [-0.2, -0.15) is 0 Å². The van der Waals surface area contributed by atoms with E-state index in [0.29, 0.717) is 12.0 Å². The van der Waals surface area contributed by atoms with E-state index in [1.807, 2.05) is 30.4 Å². The first-order valence-electron chi connectivity index (χ1n) is 10.6. The zero-order chi connectivity index (χ0) is 20.7. The van der Waals surface area contributed by atoms with Crippen LogP contribution in [-0.2, 0) is 21.5 Å². The van der Waals surface area contributed by atoms with Gasteiger partial charge in [-0.1, -0.05) is 36.4 Å². The van der Waals surface area contributed by atoms with Gasteiger partial charge < -0.3 is 19.1 Å². The van der Waals surface area contributed by atoms with E-state index in [2.05, 4.69) is 30.2 Å². The lowest BCUT2D eigenvalue weighted by Crippen LogP contribution is -2.43. The lowest BCUT2D eigenvalue weighted by Gasteiger charge is -2.36. The number of methoxy groups -OCH3 is 1. The number of esters is 1. The largest absolute Gasteiger partial charge is 0.493 e. The van der Waals surface area contributed by atoms with E-state index in [1.165, 1.54) is 11.1 Å². The average molecular weight is 405 g/mol. The maximum atomic E-state index is 12.7. The molecule has 30 heavy (non-hydrogen) atoms. The Bertz CT molecular complexity index is 989. The van der Waals surface area contributed by atoms with Crippen LogP contribution in [0.15, 0.2) is 60.2 Å². The van der Waals surface area contributed by atoms with Crippen molar-refractivity contribution in [3.05, 3.63) is 71.4 Å². The van der Waals surface area contributed by atoms with Crippen molar-refractivity contribution in [3.8, 4) is 11.5 Å². The molecule has 2 heterocycles. The molecule has 2 unspecified atom stereocenters. The minimum Gasteiger partial charge on any atom is -0.493 e. The molecule has 2 aliphatic heterocycles. The minimum absolute atomic E-state index is 0.0737. The molecule has 2 aliphatic carbocycles. The van der Waals surface area contributed by atoms with Crippen LogP contribution in [0.1, 0.15) is 30.4 Å². The lowest BCUT2D eigenvalue weighted by atomic mass is 9.69. The summed E-state index contributed by atoms with van der Waals surface area (Å²) in [5.41, 5.74) is 2.91. The van der Waals surface area contributed by atoms with Gasteiger partial charge in [-0.3, -0.25) is 0 Å². The Labute approximate surface area is 177 Å². The van der Waals surface area contributed by atoms with Crippen molar-refractivity contribution >= 4 is 5.97 Å². The van der Waals surface area contributed by atoms with Crippen molar-refractivity contribution in [2.75, 3.05) is 20.7 Å². The van der Waals surface area contributed by atoms with Gasteiger partial charge in [0.05, 0.1) is 18.1 Å². The summed E-state index contributed by atoms with van der Waals surface area (Å²) in [6.45, 7) is 1.87. The zero-order valence-corrected chi connectivity index (χ0v) is 17.5. The molecule has 3 atom stereocenters. The van der Waals surface area contributed by atoms with Crippen molar-refractivity contribution in [2.45, 2.75) is 43.4 Å². The Balaban J connectivity index is 1.45. The molecule has 5 nitrogen and oxygen atoms in total. The van der Waals surface area contributed by atoms with E-state index in [-0.39, 0.29) is 23.6 Å². The summed E-state index contributed by atoms with van der Waals surface area (Å²) in [6, 6.07) is 4.16. The Morgan fingerprint density at radius 2 is 2.20 bits per heavy atom. The van der Waals surface area contributed by atoms with E-state index in [9.17, 15) is 4.79 Å². The van der Waals surface area contributed by atoms with Gasteiger partial charge in [-0.05, 0) is 50.2 Å². The summed E-state index contributed by atoms with van der Waals surface area (Å²) in [5.74, 6) is 1.33. The summed E-state index contributed by atoms with van der Waals surface area (Å²) in [4.78, 5) is 15.0. The third-order valence-corrected chi connectivity index (χ3v) is 6.61. The summed E-state index contributed by atoms with van der Waals surface area (Å²) >= 11 is 0. The van der Waals surface area contributed by atoms with Gasteiger partial charge in [0.25, 0.3) is 0 Å². The van der Waals surface area contributed by atoms with E-state index in [4.69, 9.17) is 14.2 Å². The standard InChI is InChI=1S/C25H27NO4/c1-26-14-13-25-12-11-19(29-24(27)17-7-5-3-4-6-8-17)15-21(25)30-23-20(28-2)10-9-18(16-26)22(23)25/h3,5-12,19,21H,4,13-16H2,1-2H3/t19?,21?,25-/m0/s1. The molecule has 0 amide bonds. The van der Waals surface area contributed by atoms with E-state index in [1.54, 1.807) is 13.2 Å². The normalized spacial score (nSPS) is 29.2. The number of carbonyl (C=O) groups is 1. The highest BCUT2D eigenvalue weighted by Crippen LogP contribution is 2.55. The number of hydrogen-bond acceptors (Lipinski definition) is 5. The van der Waals surface area contributed by atoms with Gasteiger partial charge in [-0.15, -0.1) is 0 Å². The molecule has 0 radical (unpaired) electrons. The molecular weight excluding hydrogens is 378 g/mol. The number of carbonyl (C=O) groups excluding carboxylic acids is 1. The van der Waals surface area contributed by atoms with Crippen molar-refractivity contribution in [3.63, 3.8) is 0 Å². The summed E-state index contributed by atoms with van der Waals surface area (Å²) < 4.78 is 17.9. The molecule has 1 aromatic rings. The number of ether oxygens (including phenoxy) is 3. The SMILES string of the molecule is COc1ccc2c3c1OC1CC(OC(=O)C4=CC=CCC=C4)C=C[C@@]31CCN(C)C2. The molecule has 156 valence electrons. The van der Waals surface area contributed by atoms with Crippen molar-refractivity contribution < 1.29 is 19.0 Å². The zero-order valence-electron chi connectivity index (χ0n) is 17.5. The van der Waals surface area contributed by atoms with Gasteiger partial charge in [0.1, 0.15) is 12.2 Å². The summed E-state index contributed by atoms with van der Waals surface area (Å²) in [6.07, 6.45) is 15.8. The van der Waals surface area contributed by atoms with Crippen LogP contribution in [0.4, 0.5) is 0 Å². The first kappa shape index (κ1) is 19.2. The molecule has 0 fully saturated rings. The third-order valence-electron chi connectivity index (χ3n) is 6.61. The molecule has 0 bridgehead atoms. The highest BCUT2D eigenvalue weighted by Gasteiger charge is 2.53. The van der Waals surface area contributed by atoms with Crippen LogP contribution < -0.4 is 9.47 Å². The summed E-state index contributed by atoms with van der Waals surface area (Å²) in [5, 5.41) is 0. The Kier molecular flexibility index (Phi) is 4.78. The van der Waals surface area contributed by atoms with E-state index >= 15 is 0 Å². The van der Waals surface area contributed by atoms with Crippen molar-refractivity contribution in [1.29, 1.82) is 0 Å². The second kappa shape index (κ2) is 7.47. The molecular formula is C25H27NO4. The Morgan fingerprint density at radius 1 is 1.30 bits per heavy atom. The molecule has 5 rings (SSSR count). The second-order valence-corrected chi connectivity index (χ2v) is 8.49. The van der Waals surface area contributed by atoms with E-state index < -0.39 is 0 Å². The first-order chi connectivity index (χ1) is 14.6. The maximum absolute atomic E-state index is 12.7. The first-order valence-corrected chi connectivity index (χ1v) is 10.6. The predicted molar refractivity (Wildman–Crippen MR) is 115 cm³/mol. The number of benzene rings is 1. The second-order valence-electron chi connectivity index (χ2n) is 8.49. The van der Waals surface area contributed by atoms with Crippen LogP contribution in [0.25, 0.3) is 0 Å². The number of nitrogens with zero attached hydrogens (tertiary/aromatic N) is 1. The quantitative estimate of drug-likeness (QED) is 0.565. The van der Waals surface area contributed by atoms with Gasteiger partial charge in [0, 0.05) is 18.5 Å². The van der Waals surface area contributed by atoms with Gasteiger partial charge >= 0.3 is 5.97 Å². The molecule has 0 aromatic heterocycles. The molecule has 0 saturated heterocycles. The third kappa shape index (κ3) is 3.08. The fourth-order valence-corrected chi connectivity index (χ4v) is 5.07. The summed E-state index contributed by atoms with van der Waals surface area (Å²) in [7, 11) is 3.84. The molecule has 5 heteroatoms. The minimum atomic E-state index is -0.306. The highest BCUT2D eigenvalue weighted by atomic mass is 16.6. The molecule has 4 aliphatic rings.